The first-order valence-corrected chi connectivity index (χ1v) is 9.31. The van der Waals surface area contributed by atoms with Gasteiger partial charge in [-0.2, -0.15) is 0 Å². The highest BCUT2D eigenvalue weighted by Gasteiger charge is 2.34. The van der Waals surface area contributed by atoms with E-state index in [1.54, 1.807) is 18.2 Å². The molecule has 1 aliphatic rings. The number of carbonyl (C=O) groups is 2. The summed E-state index contributed by atoms with van der Waals surface area (Å²) in [5.41, 5.74) is 4.99. The summed E-state index contributed by atoms with van der Waals surface area (Å²) < 4.78 is 6.05. The first-order chi connectivity index (χ1) is 13.4. The van der Waals surface area contributed by atoms with Crippen molar-refractivity contribution in [2.75, 3.05) is 24.0 Å². The van der Waals surface area contributed by atoms with Crippen LogP contribution in [0.2, 0.25) is 0 Å². The number of carbonyl (C=O) groups excluding carboxylic acids is 2. The van der Waals surface area contributed by atoms with Crippen LogP contribution in [-0.2, 0) is 9.59 Å². The Bertz CT molecular complexity index is 906. The number of nitrogens with one attached hydrogen (secondary N) is 1. The highest BCUT2D eigenvalue weighted by atomic mass is 16.5. The van der Waals surface area contributed by atoms with Crippen molar-refractivity contribution >= 4 is 29.3 Å². The maximum Gasteiger partial charge on any atom is 0.282 e. The van der Waals surface area contributed by atoms with Crippen molar-refractivity contribution in [3.8, 4) is 5.75 Å². The molecule has 2 aromatic carbocycles. The quantitative estimate of drug-likeness (QED) is 0.617. The van der Waals surface area contributed by atoms with Gasteiger partial charge in [-0.25, -0.2) is 5.01 Å². The second-order valence-electron chi connectivity index (χ2n) is 6.93. The number of anilines is 2. The van der Waals surface area contributed by atoms with E-state index in [4.69, 9.17) is 4.74 Å². The van der Waals surface area contributed by atoms with Gasteiger partial charge < -0.3 is 9.64 Å². The maximum absolute atomic E-state index is 12.8. The molecule has 1 unspecified atom stereocenters. The number of benzene rings is 2. The summed E-state index contributed by atoms with van der Waals surface area (Å²) in [4.78, 5) is 27.2. The summed E-state index contributed by atoms with van der Waals surface area (Å²) in [7, 11) is 3.90. The minimum absolute atomic E-state index is 0.0171. The normalized spacial score (nSPS) is 16.3. The molecule has 2 aromatic rings. The van der Waals surface area contributed by atoms with E-state index in [0.29, 0.717) is 17.0 Å². The number of nitrogens with zero attached hydrogens (tertiary/aromatic N) is 2. The van der Waals surface area contributed by atoms with Crippen LogP contribution in [0.25, 0.3) is 6.08 Å². The van der Waals surface area contributed by atoms with E-state index in [1.165, 1.54) is 5.01 Å². The van der Waals surface area contributed by atoms with E-state index in [9.17, 15) is 9.59 Å². The Kier molecular flexibility index (Phi) is 5.68. The SMILES string of the molecule is CCC(C)Oc1cc(N(C)C)ccc1C=C1C(=O)NN(c2ccccc2)C1=O. The fourth-order valence-corrected chi connectivity index (χ4v) is 2.79. The Morgan fingerprint density at radius 3 is 2.50 bits per heavy atom. The zero-order valence-corrected chi connectivity index (χ0v) is 16.6. The predicted molar refractivity (Wildman–Crippen MR) is 111 cm³/mol. The summed E-state index contributed by atoms with van der Waals surface area (Å²) in [6, 6.07) is 14.7. The standard InChI is InChI=1S/C22H25N3O3/c1-5-15(2)28-20-14-18(24(3)4)12-11-16(20)13-19-21(26)23-25(22(19)27)17-9-7-6-8-10-17/h6-15H,5H2,1-4H3,(H,23,26). The smallest absolute Gasteiger partial charge is 0.282 e. The highest BCUT2D eigenvalue weighted by Crippen LogP contribution is 2.30. The number of rotatable bonds is 6. The zero-order chi connectivity index (χ0) is 20.3. The van der Waals surface area contributed by atoms with Crippen molar-refractivity contribution in [3.63, 3.8) is 0 Å². The van der Waals surface area contributed by atoms with Crippen LogP contribution >= 0.6 is 0 Å². The van der Waals surface area contributed by atoms with Crippen molar-refractivity contribution in [2.24, 2.45) is 0 Å². The summed E-state index contributed by atoms with van der Waals surface area (Å²) in [5.74, 6) is -0.172. The number of hydrogen-bond donors (Lipinski definition) is 1. The Labute approximate surface area is 165 Å². The molecule has 1 N–H and O–H groups in total. The molecule has 2 amide bonds. The third-order valence-electron chi connectivity index (χ3n) is 4.62. The molecule has 1 heterocycles. The Balaban J connectivity index is 1.97. The van der Waals surface area contributed by atoms with Crippen LogP contribution in [0.3, 0.4) is 0 Å². The van der Waals surface area contributed by atoms with Crippen molar-refractivity contribution < 1.29 is 14.3 Å². The largest absolute Gasteiger partial charge is 0.490 e. The molecule has 0 aliphatic carbocycles. The number of hydrogen-bond acceptors (Lipinski definition) is 4. The fraction of sp³-hybridized carbons (Fsp3) is 0.273. The van der Waals surface area contributed by atoms with Gasteiger partial charge in [-0.1, -0.05) is 25.1 Å². The molecule has 0 radical (unpaired) electrons. The number of hydrazine groups is 1. The van der Waals surface area contributed by atoms with Crippen LogP contribution in [-0.4, -0.2) is 32.0 Å². The lowest BCUT2D eigenvalue weighted by Gasteiger charge is -2.19. The van der Waals surface area contributed by atoms with E-state index in [0.717, 1.165) is 12.1 Å². The molecular formula is C22H25N3O3. The third kappa shape index (κ3) is 4.01. The Hall–Kier alpha value is -3.28. The van der Waals surface area contributed by atoms with Crippen molar-refractivity contribution in [2.45, 2.75) is 26.4 Å². The molecule has 1 aliphatic heterocycles. The Morgan fingerprint density at radius 2 is 1.86 bits per heavy atom. The summed E-state index contributed by atoms with van der Waals surface area (Å²) in [5, 5.41) is 1.26. The molecule has 6 nitrogen and oxygen atoms in total. The fourth-order valence-electron chi connectivity index (χ4n) is 2.79. The topological polar surface area (TPSA) is 61.9 Å². The lowest BCUT2D eigenvalue weighted by Crippen LogP contribution is -2.35. The first kappa shape index (κ1) is 19.5. The molecule has 1 saturated heterocycles. The molecule has 28 heavy (non-hydrogen) atoms. The van der Waals surface area contributed by atoms with Gasteiger partial charge in [0.15, 0.2) is 0 Å². The van der Waals surface area contributed by atoms with Gasteiger partial charge >= 0.3 is 0 Å². The van der Waals surface area contributed by atoms with E-state index >= 15 is 0 Å². The van der Waals surface area contributed by atoms with Gasteiger partial charge in [-0.3, -0.25) is 15.0 Å². The number of amides is 2. The van der Waals surface area contributed by atoms with Crippen molar-refractivity contribution in [3.05, 3.63) is 59.7 Å². The summed E-state index contributed by atoms with van der Waals surface area (Å²) >= 11 is 0. The number of ether oxygens (including phenoxy) is 1. The molecule has 0 bridgehead atoms. The highest BCUT2D eigenvalue weighted by molar-refractivity contribution is 6.31. The minimum Gasteiger partial charge on any atom is -0.490 e. The first-order valence-electron chi connectivity index (χ1n) is 9.31. The molecular weight excluding hydrogens is 354 g/mol. The second-order valence-corrected chi connectivity index (χ2v) is 6.93. The van der Waals surface area contributed by atoms with Crippen LogP contribution in [0, 0.1) is 0 Å². The van der Waals surface area contributed by atoms with Gasteiger partial charge in [0.1, 0.15) is 11.3 Å². The molecule has 1 atom stereocenters. The van der Waals surface area contributed by atoms with E-state index in [-0.39, 0.29) is 17.6 Å². The Morgan fingerprint density at radius 1 is 1.14 bits per heavy atom. The van der Waals surface area contributed by atoms with Crippen LogP contribution in [0.5, 0.6) is 5.75 Å². The van der Waals surface area contributed by atoms with Crippen molar-refractivity contribution in [1.29, 1.82) is 0 Å². The summed E-state index contributed by atoms with van der Waals surface area (Å²) in [6.45, 7) is 4.04. The average molecular weight is 379 g/mol. The molecule has 0 spiro atoms. The molecule has 1 fully saturated rings. The zero-order valence-electron chi connectivity index (χ0n) is 16.6. The van der Waals surface area contributed by atoms with Gasteiger partial charge in [0.05, 0.1) is 11.8 Å². The van der Waals surface area contributed by atoms with Gasteiger partial charge in [0, 0.05) is 31.4 Å². The predicted octanol–water partition coefficient (Wildman–Crippen LogP) is 3.39. The van der Waals surface area contributed by atoms with Crippen LogP contribution < -0.4 is 20.1 Å². The molecule has 3 rings (SSSR count). The van der Waals surface area contributed by atoms with Gasteiger partial charge in [-0.05, 0) is 43.7 Å². The molecule has 6 heteroatoms. The molecule has 0 aromatic heterocycles. The van der Waals surface area contributed by atoms with Crippen LogP contribution in [0.4, 0.5) is 11.4 Å². The second kappa shape index (κ2) is 8.17. The van der Waals surface area contributed by atoms with Crippen LogP contribution in [0.15, 0.2) is 54.1 Å². The van der Waals surface area contributed by atoms with E-state index in [2.05, 4.69) is 5.43 Å². The lowest BCUT2D eigenvalue weighted by atomic mass is 10.1. The third-order valence-corrected chi connectivity index (χ3v) is 4.62. The van der Waals surface area contributed by atoms with Crippen LogP contribution in [0.1, 0.15) is 25.8 Å². The maximum atomic E-state index is 12.8. The molecule has 0 saturated carbocycles. The summed E-state index contributed by atoms with van der Waals surface area (Å²) in [6.07, 6.45) is 2.46. The number of para-hydroxylation sites is 1. The van der Waals surface area contributed by atoms with Gasteiger partial charge in [-0.15, -0.1) is 0 Å². The van der Waals surface area contributed by atoms with E-state index in [1.807, 2.05) is 69.2 Å². The van der Waals surface area contributed by atoms with Gasteiger partial charge in [0.25, 0.3) is 11.8 Å². The molecule has 146 valence electrons. The van der Waals surface area contributed by atoms with E-state index < -0.39 is 5.91 Å². The van der Waals surface area contributed by atoms with Gasteiger partial charge in [0.2, 0.25) is 0 Å². The lowest BCUT2D eigenvalue weighted by molar-refractivity contribution is -0.117. The minimum atomic E-state index is -0.431. The van der Waals surface area contributed by atoms with Crippen molar-refractivity contribution in [1.82, 2.24) is 5.43 Å². The average Bonchev–Trinajstić information content (AvgIpc) is 2.97. The monoisotopic (exact) mass is 379 g/mol.